The summed E-state index contributed by atoms with van der Waals surface area (Å²) in [4.78, 5) is 25.7. The molecule has 0 atom stereocenters. The maximum atomic E-state index is 11.9. The van der Waals surface area contributed by atoms with Crippen LogP contribution in [0, 0.1) is 0 Å². The Labute approximate surface area is 138 Å². The highest BCUT2D eigenvalue weighted by atomic mass is 79.9. The molecule has 120 valence electrons. The number of rotatable bonds is 6. The number of benzene rings is 1. The lowest BCUT2D eigenvalue weighted by Gasteiger charge is -2.26. The molecule has 0 amide bonds. The Morgan fingerprint density at radius 3 is 2.68 bits per heavy atom. The zero-order chi connectivity index (χ0) is 15.9. The number of nitrogens with zero attached hydrogens (tertiary/aromatic N) is 1. The Hall–Kier alpha value is -1.24. The van der Waals surface area contributed by atoms with Gasteiger partial charge < -0.3 is 9.47 Å². The van der Waals surface area contributed by atoms with E-state index in [0.717, 1.165) is 49.3 Å². The van der Waals surface area contributed by atoms with Crippen LogP contribution in [0.3, 0.4) is 0 Å². The maximum absolute atomic E-state index is 11.9. The van der Waals surface area contributed by atoms with Crippen molar-refractivity contribution in [2.75, 3.05) is 39.5 Å². The molecule has 0 N–H and O–H groups in total. The maximum Gasteiger partial charge on any atom is 0.379 e. The third kappa shape index (κ3) is 4.63. The summed E-state index contributed by atoms with van der Waals surface area (Å²) in [7, 11) is 0. The van der Waals surface area contributed by atoms with Crippen molar-refractivity contribution in [3.8, 4) is 0 Å². The van der Waals surface area contributed by atoms with Crippen LogP contribution in [0.15, 0.2) is 22.7 Å². The zero-order valence-electron chi connectivity index (χ0n) is 12.6. The summed E-state index contributed by atoms with van der Waals surface area (Å²) in [6, 6.07) is 5.25. The van der Waals surface area contributed by atoms with Crippen LogP contribution >= 0.6 is 15.9 Å². The molecule has 0 unspecified atom stereocenters. The van der Waals surface area contributed by atoms with Crippen LogP contribution in [0.5, 0.6) is 0 Å². The highest BCUT2D eigenvalue weighted by Crippen LogP contribution is 2.20. The summed E-state index contributed by atoms with van der Waals surface area (Å²) < 4.78 is 10.9. The summed E-state index contributed by atoms with van der Waals surface area (Å²) in [6.45, 7) is 6.31. The van der Waals surface area contributed by atoms with Crippen molar-refractivity contribution >= 4 is 27.7 Å². The molecule has 1 aromatic carbocycles. The first-order valence-electron chi connectivity index (χ1n) is 7.41. The fraction of sp³-hybridized carbons (Fsp3) is 0.500. The van der Waals surface area contributed by atoms with E-state index in [4.69, 9.17) is 9.47 Å². The predicted molar refractivity (Wildman–Crippen MR) is 86.1 cm³/mol. The Kier molecular flexibility index (Phi) is 6.54. The van der Waals surface area contributed by atoms with Gasteiger partial charge in [-0.3, -0.25) is 9.69 Å². The van der Waals surface area contributed by atoms with Crippen molar-refractivity contribution in [1.82, 2.24) is 4.90 Å². The number of ketones is 1. The number of halogens is 1. The van der Waals surface area contributed by atoms with Gasteiger partial charge in [0, 0.05) is 29.7 Å². The van der Waals surface area contributed by atoms with E-state index >= 15 is 0 Å². The summed E-state index contributed by atoms with van der Waals surface area (Å²) in [5.74, 6) is -1.42. The summed E-state index contributed by atoms with van der Waals surface area (Å²) >= 11 is 3.48. The second-order valence-electron chi connectivity index (χ2n) is 5.06. The first-order valence-corrected chi connectivity index (χ1v) is 8.21. The Balaban J connectivity index is 1.96. The van der Waals surface area contributed by atoms with Crippen LogP contribution < -0.4 is 0 Å². The van der Waals surface area contributed by atoms with Gasteiger partial charge in [-0.15, -0.1) is 0 Å². The summed E-state index contributed by atoms with van der Waals surface area (Å²) in [5.41, 5.74) is 1.47. The minimum Gasteiger partial charge on any atom is -0.460 e. The first kappa shape index (κ1) is 17.1. The summed E-state index contributed by atoms with van der Waals surface area (Å²) in [5, 5.41) is 0. The van der Waals surface area contributed by atoms with E-state index in [2.05, 4.69) is 20.8 Å². The Morgan fingerprint density at radius 1 is 1.32 bits per heavy atom. The van der Waals surface area contributed by atoms with E-state index in [1.807, 2.05) is 6.07 Å². The normalized spacial score (nSPS) is 15.5. The number of ether oxygens (including phenoxy) is 2. The molecule has 0 bridgehead atoms. The van der Waals surface area contributed by atoms with Crippen LogP contribution in [-0.4, -0.2) is 56.1 Å². The van der Waals surface area contributed by atoms with Crippen LogP contribution in [0.25, 0.3) is 0 Å². The smallest absolute Gasteiger partial charge is 0.379 e. The molecule has 1 aliphatic heterocycles. The molecule has 6 heteroatoms. The molecule has 1 aromatic rings. The van der Waals surface area contributed by atoms with Gasteiger partial charge in [-0.25, -0.2) is 4.79 Å². The molecule has 0 radical (unpaired) electrons. The number of hydrogen-bond acceptors (Lipinski definition) is 5. The minimum atomic E-state index is -0.810. The second kappa shape index (κ2) is 8.41. The van der Waals surface area contributed by atoms with Gasteiger partial charge in [0.25, 0.3) is 5.78 Å². The number of hydrogen-bond donors (Lipinski definition) is 0. The number of carbonyl (C=O) groups excluding carboxylic acids is 2. The van der Waals surface area contributed by atoms with Gasteiger partial charge in [0.05, 0.1) is 19.8 Å². The van der Waals surface area contributed by atoms with E-state index in [-0.39, 0.29) is 6.61 Å². The van der Waals surface area contributed by atoms with Crippen molar-refractivity contribution in [2.45, 2.75) is 13.3 Å². The van der Waals surface area contributed by atoms with Crippen LogP contribution in [0.4, 0.5) is 0 Å². The highest BCUT2D eigenvalue weighted by Gasteiger charge is 2.18. The van der Waals surface area contributed by atoms with Gasteiger partial charge in [-0.1, -0.05) is 28.1 Å². The second-order valence-corrected chi connectivity index (χ2v) is 5.91. The van der Waals surface area contributed by atoms with E-state index in [0.29, 0.717) is 5.56 Å². The van der Waals surface area contributed by atoms with Gasteiger partial charge in [-0.2, -0.15) is 0 Å². The van der Waals surface area contributed by atoms with Crippen LogP contribution in [0.2, 0.25) is 0 Å². The SMILES string of the molecule is CCOC(=O)C(=O)c1ccc(CCN2CCOCC2)c(Br)c1. The Bertz CT molecular complexity index is 541. The molecule has 1 aliphatic rings. The average molecular weight is 370 g/mol. The largest absolute Gasteiger partial charge is 0.460 e. The van der Waals surface area contributed by atoms with Gasteiger partial charge in [0.2, 0.25) is 0 Å². The molecule has 1 heterocycles. The Morgan fingerprint density at radius 2 is 2.05 bits per heavy atom. The quantitative estimate of drug-likeness (QED) is 0.436. The molecular weight excluding hydrogens is 350 g/mol. The van der Waals surface area contributed by atoms with Gasteiger partial charge >= 0.3 is 5.97 Å². The van der Waals surface area contributed by atoms with Crippen LogP contribution in [-0.2, 0) is 20.7 Å². The minimum absolute atomic E-state index is 0.198. The molecule has 1 saturated heterocycles. The van der Waals surface area contributed by atoms with Crippen molar-refractivity contribution in [3.63, 3.8) is 0 Å². The molecule has 0 saturated carbocycles. The van der Waals surface area contributed by atoms with E-state index in [9.17, 15) is 9.59 Å². The fourth-order valence-corrected chi connectivity index (χ4v) is 2.89. The topological polar surface area (TPSA) is 55.8 Å². The number of Topliss-reactive ketones (excluding diaryl/α,β-unsaturated/α-hetero) is 1. The van der Waals surface area contributed by atoms with Crippen molar-refractivity contribution < 1.29 is 19.1 Å². The molecule has 0 aliphatic carbocycles. The predicted octanol–water partition coefficient (Wildman–Crippen LogP) is 2.07. The lowest BCUT2D eigenvalue weighted by atomic mass is 10.1. The van der Waals surface area contributed by atoms with Crippen LogP contribution in [0.1, 0.15) is 22.8 Å². The van der Waals surface area contributed by atoms with E-state index in [1.165, 1.54) is 0 Å². The van der Waals surface area contributed by atoms with Crippen molar-refractivity contribution in [3.05, 3.63) is 33.8 Å². The highest BCUT2D eigenvalue weighted by molar-refractivity contribution is 9.10. The lowest BCUT2D eigenvalue weighted by molar-refractivity contribution is -0.137. The monoisotopic (exact) mass is 369 g/mol. The van der Waals surface area contributed by atoms with Gasteiger partial charge in [-0.05, 0) is 25.0 Å². The van der Waals surface area contributed by atoms with Crippen molar-refractivity contribution in [1.29, 1.82) is 0 Å². The summed E-state index contributed by atoms with van der Waals surface area (Å²) in [6.07, 6.45) is 0.883. The van der Waals surface area contributed by atoms with Gasteiger partial charge in [0.15, 0.2) is 0 Å². The molecular formula is C16H20BrNO4. The van der Waals surface area contributed by atoms with E-state index < -0.39 is 11.8 Å². The van der Waals surface area contributed by atoms with Crippen molar-refractivity contribution in [2.24, 2.45) is 0 Å². The number of morpholine rings is 1. The fourth-order valence-electron chi connectivity index (χ4n) is 2.31. The number of esters is 1. The standard InChI is InChI=1S/C16H20BrNO4/c1-2-22-16(20)15(19)13-4-3-12(14(17)11-13)5-6-18-7-9-21-10-8-18/h3-4,11H,2,5-10H2,1H3. The molecule has 2 rings (SSSR count). The number of carbonyl (C=O) groups is 2. The molecule has 1 fully saturated rings. The third-order valence-electron chi connectivity index (χ3n) is 3.58. The average Bonchev–Trinajstić information content (AvgIpc) is 2.54. The van der Waals surface area contributed by atoms with Gasteiger partial charge in [0.1, 0.15) is 0 Å². The lowest BCUT2D eigenvalue weighted by Crippen LogP contribution is -2.37. The zero-order valence-corrected chi connectivity index (χ0v) is 14.2. The first-order chi connectivity index (χ1) is 10.6. The van der Waals surface area contributed by atoms with E-state index in [1.54, 1.807) is 19.1 Å². The molecule has 0 aromatic heterocycles. The molecule has 0 spiro atoms. The third-order valence-corrected chi connectivity index (χ3v) is 4.32. The molecule has 5 nitrogen and oxygen atoms in total. The molecule has 22 heavy (non-hydrogen) atoms.